The van der Waals surface area contributed by atoms with Crippen LogP contribution in [0, 0.1) is 0 Å². The highest BCUT2D eigenvalue weighted by Gasteiger charge is 2.48. The highest BCUT2D eigenvalue weighted by molar-refractivity contribution is 7.80. The number of aliphatic hydroxyl groups excluding tert-OH is 4. The van der Waals surface area contributed by atoms with Crippen molar-refractivity contribution in [3.63, 3.8) is 0 Å². The molecule has 7 unspecified atom stereocenters. The predicted octanol–water partition coefficient (Wildman–Crippen LogP) is 5.26. The number of rotatable bonds is 30. The molecular weight excluding hydrogens is 642 g/mol. The van der Waals surface area contributed by atoms with Gasteiger partial charge in [-0.1, -0.05) is 135 Å². The molecule has 12 nitrogen and oxygen atoms in total. The van der Waals surface area contributed by atoms with E-state index in [1.54, 1.807) is 6.08 Å². The summed E-state index contributed by atoms with van der Waals surface area (Å²) in [6, 6.07) is -0.934. The van der Waals surface area contributed by atoms with Crippen molar-refractivity contribution in [1.82, 2.24) is 5.32 Å². The average Bonchev–Trinajstić information content (AvgIpc) is 3.04. The molecule has 1 saturated heterocycles. The molecule has 13 heteroatoms. The second-order valence-corrected chi connectivity index (χ2v) is 14.2. The van der Waals surface area contributed by atoms with Crippen LogP contribution < -0.4 is 5.32 Å². The number of carbonyl (C=O) groups is 1. The molecule has 1 fully saturated rings. The van der Waals surface area contributed by atoms with E-state index in [2.05, 4.69) is 23.3 Å². The molecular formula is C35H67NO11S. The molecule has 48 heavy (non-hydrogen) atoms. The minimum atomic E-state index is -5.07. The Labute approximate surface area is 290 Å². The first kappa shape index (κ1) is 44.9. The Morgan fingerprint density at radius 2 is 1.31 bits per heavy atom. The first-order chi connectivity index (χ1) is 23.0. The lowest BCUT2D eigenvalue weighted by Crippen LogP contribution is -2.61. The second kappa shape index (κ2) is 27.5. The second-order valence-electron chi connectivity index (χ2n) is 13.2. The fourth-order valence-electron chi connectivity index (χ4n) is 5.86. The summed E-state index contributed by atoms with van der Waals surface area (Å²) in [5, 5.41) is 44.3. The van der Waals surface area contributed by atoms with Gasteiger partial charge >= 0.3 is 10.4 Å². The van der Waals surface area contributed by atoms with Crippen LogP contribution in [0.4, 0.5) is 0 Å². The normalized spacial score (nSPS) is 23.0. The van der Waals surface area contributed by atoms with Gasteiger partial charge in [0, 0.05) is 6.42 Å². The number of ether oxygens (including phenoxy) is 2. The molecule has 284 valence electrons. The molecule has 1 aliphatic rings. The van der Waals surface area contributed by atoms with E-state index in [0.29, 0.717) is 6.42 Å². The van der Waals surface area contributed by atoms with Gasteiger partial charge in [-0.2, -0.15) is 8.42 Å². The van der Waals surface area contributed by atoms with E-state index >= 15 is 0 Å². The number of nitrogens with one attached hydrogen (secondary N) is 1. The quantitative estimate of drug-likeness (QED) is 0.0324. The SMILES string of the molecule is CCCCCCCCCCCC/C=C/C(O)C(COC1OC(CO)C(O)C(OS(=O)(=O)O)C1O)NC(=O)CCCCCCCCCCC. The van der Waals surface area contributed by atoms with Crippen molar-refractivity contribution >= 4 is 16.3 Å². The number of hydrogen-bond donors (Lipinski definition) is 6. The molecule has 0 radical (unpaired) electrons. The summed E-state index contributed by atoms with van der Waals surface area (Å²) in [4.78, 5) is 12.8. The third kappa shape index (κ3) is 21.1. The summed E-state index contributed by atoms with van der Waals surface area (Å²) in [7, 11) is -5.07. The molecule has 1 amide bonds. The molecule has 0 saturated carbocycles. The molecule has 1 heterocycles. The van der Waals surface area contributed by atoms with Crippen LogP contribution in [0.5, 0.6) is 0 Å². The molecule has 1 aliphatic heterocycles. The van der Waals surface area contributed by atoms with Crippen molar-refractivity contribution in [2.24, 2.45) is 0 Å². The maximum atomic E-state index is 12.8. The van der Waals surface area contributed by atoms with Gasteiger partial charge in [0.15, 0.2) is 6.29 Å². The number of allylic oxidation sites excluding steroid dienone is 1. The van der Waals surface area contributed by atoms with Crippen LogP contribution >= 0.6 is 0 Å². The number of aliphatic hydroxyl groups is 4. The van der Waals surface area contributed by atoms with Gasteiger partial charge in [-0.05, 0) is 19.3 Å². The van der Waals surface area contributed by atoms with E-state index in [9.17, 15) is 33.6 Å². The third-order valence-corrected chi connectivity index (χ3v) is 9.28. The minimum Gasteiger partial charge on any atom is -0.394 e. The molecule has 7 atom stereocenters. The van der Waals surface area contributed by atoms with Crippen LogP contribution in [-0.4, -0.2) is 95.4 Å². The van der Waals surface area contributed by atoms with Crippen LogP contribution in [0.25, 0.3) is 0 Å². The zero-order chi connectivity index (χ0) is 35.6. The maximum Gasteiger partial charge on any atom is 0.397 e. The molecule has 0 spiro atoms. The summed E-state index contributed by atoms with van der Waals surface area (Å²) < 4.78 is 47.2. The van der Waals surface area contributed by atoms with Gasteiger partial charge < -0.3 is 35.2 Å². The Morgan fingerprint density at radius 1 is 0.812 bits per heavy atom. The lowest BCUT2D eigenvalue weighted by atomic mass is 9.99. The van der Waals surface area contributed by atoms with Gasteiger partial charge in [-0.15, -0.1) is 0 Å². The highest BCUT2D eigenvalue weighted by atomic mass is 32.3. The van der Waals surface area contributed by atoms with Crippen LogP contribution in [0.15, 0.2) is 12.2 Å². The highest BCUT2D eigenvalue weighted by Crippen LogP contribution is 2.26. The van der Waals surface area contributed by atoms with Crippen molar-refractivity contribution in [3.8, 4) is 0 Å². The van der Waals surface area contributed by atoms with E-state index < -0.39 is 59.9 Å². The smallest absolute Gasteiger partial charge is 0.394 e. The van der Waals surface area contributed by atoms with E-state index in [4.69, 9.17) is 14.0 Å². The van der Waals surface area contributed by atoms with Crippen LogP contribution in [0.1, 0.15) is 149 Å². The fraction of sp³-hybridized carbons (Fsp3) is 0.914. The van der Waals surface area contributed by atoms with E-state index in [1.165, 1.54) is 83.5 Å². The average molecular weight is 710 g/mol. The van der Waals surface area contributed by atoms with E-state index in [1.807, 2.05) is 6.08 Å². The van der Waals surface area contributed by atoms with Crippen molar-refractivity contribution in [2.75, 3.05) is 13.2 Å². The number of carbonyl (C=O) groups excluding carboxylic acids is 1. The van der Waals surface area contributed by atoms with Crippen LogP contribution in [-0.2, 0) is 28.9 Å². The van der Waals surface area contributed by atoms with Crippen LogP contribution in [0.2, 0.25) is 0 Å². The summed E-state index contributed by atoms with van der Waals surface area (Å²) in [5.74, 6) is -0.268. The van der Waals surface area contributed by atoms with E-state index in [0.717, 1.165) is 38.5 Å². The van der Waals surface area contributed by atoms with Crippen molar-refractivity contribution < 1.29 is 51.8 Å². The Morgan fingerprint density at radius 3 is 1.81 bits per heavy atom. The lowest BCUT2D eigenvalue weighted by molar-refractivity contribution is -0.298. The number of hydrogen-bond acceptors (Lipinski definition) is 10. The van der Waals surface area contributed by atoms with Gasteiger partial charge in [-0.3, -0.25) is 9.35 Å². The predicted molar refractivity (Wildman–Crippen MR) is 186 cm³/mol. The zero-order valence-electron chi connectivity index (χ0n) is 29.6. The first-order valence-electron chi connectivity index (χ1n) is 18.6. The largest absolute Gasteiger partial charge is 0.397 e. The third-order valence-electron chi connectivity index (χ3n) is 8.82. The zero-order valence-corrected chi connectivity index (χ0v) is 30.4. The monoisotopic (exact) mass is 709 g/mol. The minimum absolute atomic E-state index is 0.268. The number of amides is 1. The maximum absolute atomic E-state index is 12.8. The Bertz CT molecular complexity index is 935. The van der Waals surface area contributed by atoms with Crippen molar-refractivity contribution in [2.45, 2.75) is 192 Å². The fourth-order valence-corrected chi connectivity index (χ4v) is 6.37. The van der Waals surface area contributed by atoms with Gasteiger partial charge in [0.05, 0.1) is 25.4 Å². The van der Waals surface area contributed by atoms with Gasteiger partial charge in [-0.25, -0.2) is 4.18 Å². The molecule has 0 aromatic rings. The van der Waals surface area contributed by atoms with Crippen LogP contribution in [0.3, 0.4) is 0 Å². The van der Waals surface area contributed by atoms with Gasteiger partial charge in [0.2, 0.25) is 5.91 Å². The Balaban J connectivity index is 2.68. The lowest BCUT2D eigenvalue weighted by Gasteiger charge is -2.41. The molecule has 0 aromatic carbocycles. The molecule has 6 N–H and O–H groups in total. The van der Waals surface area contributed by atoms with Gasteiger partial charge in [0.1, 0.15) is 24.4 Å². The van der Waals surface area contributed by atoms with Crippen molar-refractivity contribution in [1.29, 1.82) is 0 Å². The topological polar surface area (TPSA) is 192 Å². The molecule has 0 aliphatic carbocycles. The van der Waals surface area contributed by atoms with Crippen molar-refractivity contribution in [3.05, 3.63) is 12.2 Å². The Hall–Kier alpha value is -1.16. The Kier molecular flexibility index (Phi) is 25.7. The van der Waals surface area contributed by atoms with E-state index in [-0.39, 0.29) is 18.9 Å². The standard InChI is InChI=1S/C35H67NO11S/c1-3-5-7-9-11-13-14-15-17-18-20-22-24-29(38)28(36-31(39)25-23-21-19-16-12-10-8-6-4-2)27-45-35-33(41)34(47-48(42,43)44)32(40)30(26-37)46-35/h22,24,28-30,32-35,37-38,40-41H,3-21,23,25-27H2,1-2H3,(H,36,39)(H,42,43,44)/b24-22+. The summed E-state index contributed by atoms with van der Waals surface area (Å²) >= 11 is 0. The first-order valence-corrected chi connectivity index (χ1v) is 19.9. The molecule has 1 rings (SSSR count). The van der Waals surface area contributed by atoms with Gasteiger partial charge in [0.25, 0.3) is 0 Å². The summed E-state index contributed by atoms with van der Waals surface area (Å²) in [6.07, 6.45) is 17.0. The summed E-state index contributed by atoms with van der Waals surface area (Å²) in [5.41, 5.74) is 0. The molecule has 0 bridgehead atoms. The number of unbranched alkanes of at least 4 members (excludes halogenated alkanes) is 18. The molecule has 0 aromatic heterocycles. The summed E-state index contributed by atoms with van der Waals surface area (Å²) in [6.45, 7) is 3.31.